The summed E-state index contributed by atoms with van der Waals surface area (Å²) in [6.07, 6.45) is 0.584. The largest absolute Gasteiger partial charge is 0.495 e. The van der Waals surface area contributed by atoms with E-state index in [0.717, 1.165) is 11.3 Å². The molecule has 1 saturated heterocycles. The van der Waals surface area contributed by atoms with Crippen LogP contribution in [0.3, 0.4) is 0 Å². The van der Waals surface area contributed by atoms with Gasteiger partial charge in [-0.25, -0.2) is 13.2 Å². The van der Waals surface area contributed by atoms with Crippen LogP contribution in [0.5, 0.6) is 5.75 Å². The van der Waals surface area contributed by atoms with E-state index in [9.17, 15) is 13.2 Å². The molecule has 9 nitrogen and oxygen atoms in total. The van der Waals surface area contributed by atoms with Crippen LogP contribution in [0.1, 0.15) is 29.8 Å². The van der Waals surface area contributed by atoms with Gasteiger partial charge in [0.25, 0.3) is 0 Å². The van der Waals surface area contributed by atoms with E-state index in [0.29, 0.717) is 43.1 Å². The van der Waals surface area contributed by atoms with Crippen molar-refractivity contribution in [3.63, 3.8) is 0 Å². The minimum atomic E-state index is -3.65. The predicted molar refractivity (Wildman–Crippen MR) is 110 cm³/mol. The fraction of sp³-hybridized carbons (Fsp3) is 0.500. The molecule has 1 amide bonds. The Morgan fingerprint density at radius 1 is 1.20 bits per heavy atom. The first-order valence-corrected chi connectivity index (χ1v) is 11.3. The zero-order chi connectivity index (χ0) is 21.6. The summed E-state index contributed by atoms with van der Waals surface area (Å²) >= 11 is 0. The van der Waals surface area contributed by atoms with Gasteiger partial charge in [0.15, 0.2) is 0 Å². The van der Waals surface area contributed by atoms with Crippen LogP contribution in [0.25, 0.3) is 0 Å². The van der Waals surface area contributed by atoms with Gasteiger partial charge in [-0.2, -0.15) is 9.40 Å². The zero-order valence-corrected chi connectivity index (χ0v) is 18.4. The summed E-state index contributed by atoms with van der Waals surface area (Å²) in [6.45, 7) is 4.30. The molecule has 0 spiro atoms. The number of hydrogen-bond donors (Lipinski definition) is 0. The lowest BCUT2D eigenvalue weighted by Gasteiger charge is -2.40. The average molecular weight is 435 g/mol. The number of benzene rings is 1. The number of aromatic nitrogens is 2. The Hall–Kier alpha value is -2.59. The van der Waals surface area contributed by atoms with Gasteiger partial charge >= 0.3 is 6.09 Å². The van der Waals surface area contributed by atoms with Crippen molar-refractivity contribution in [2.45, 2.75) is 44.2 Å². The molecular formula is C20H26N4O5S. The highest BCUT2D eigenvalue weighted by Gasteiger charge is 2.39. The third-order valence-corrected chi connectivity index (χ3v) is 8.07. The molecule has 1 fully saturated rings. The summed E-state index contributed by atoms with van der Waals surface area (Å²) in [5.41, 5.74) is 2.71. The fourth-order valence-electron chi connectivity index (χ4n) is 4.35. The quantitative estimate of drug-likeness (QED) is 0.733. The zero-order valence-electron chi connectivity index (χ0n) is 17.6. The summed E-state index contributed by atoms with van der Waals surface area (Å²) in [5, 5.41) is 4.24. The third kappa shape index (κ3) is 3.24. The van der Waals surface area contributed by atoms with Gasteiger partial charge in [0, 0.05) is 31.7 Å². The summed E-state index contributed by atoms with van der Waals surface area (Å²) in [4.78, 5) is 14.5. The number of aryl methyl sites for hydroxylation is 2. The second kappa shape index (κ2) is 7.59. The molecule has 0 N–H and O–H groups in total. The van der Waals surface area contributed by atoms with Gasteiger partial charge in [0.2, 0.25) is 10.0 Å². The first-order chi connectivity index (χ1) is 14.3. The monoisotopic (exact) mass is 434 g/mol. The molecule has 0 atom stereocenters. The van der Waals surface area contributed by atoms with Crippen LogP contribution in [0.15, 0.2) is 23.1 Å². The maximum Gasteiger partial charge on any atom is 0.415 e. The van der Waals surface area contributed by atoms with E-state index in [1.165, 1.54) is 4.31 Å². The number of methoxy groups -OCH3 is 1. The van der Waals surface area contributed by atoms with Crippen molar-refractivity contribution < 1.29 is 22.7 Å². The normalized spacial score (nSPS) is 18.3. The number of anilines is 1. The maximum atomic E-state index is 13.2. The summed E-state index contributed by atoms with van der Waals surface area (Å²) in [6, 6.07) is 5.42. The second-order valence-corrected chi connectivity index (χ2v) is 9.53. The van der Waals surface area contributed by atoms with Crippen LogP contribution in [0.2, 0.25) is 0 Å². The Morgan fingerprint density at radius 2 is 1.90 bits per heavy atom. The highest BCUT2D eigenvalue weighted by Crippen LogP contribution is 2.39. The van der Waals surface area contributed by atoms with Crippen LogP contribution >= 0.6 is 0 Å². The number of sulfonamides is 1. The molecule has 2 aromatic rings. The van der Waals surface area contributed by atoms with Crippen molar-refractivity contribution >= 4 is 21.8 Å². The predicted octanol–water partition coefficient (Wildman–Crippen LogP) is 2.36. The van der Waals surface area contributed by atoms with Gasteiger partial charge in [-0.1, -0.05) is 12.1 Å². The van der Waals surface area contributed by atoms with Gasteiger partial charge in [0.1, 0.15) is 17.3 Å². The number of para-hydroxylation sites is 1. The minimum Gasteiger partial charge on any atom is -0.495 e. The van der Waals surface area contributed by atoms with E-state index in [1.54, 1.807) is 37.6 Å². The number of nitrogens with zero attached hydrogens (tertiary/aromatic N) is 4. The molecule has 1 aromatic heterocycles. The molecule has 0 saturated carbocycles. The van der Waals surface area contributed by atoms with E-state index in [-0.39, 0.29) is 17.5 Å². The standard InChI is InChI=1S/C20H26N4O5S/c1-13-19(14(2)22(3)21-13)30(26,27)23-10-8-16(9-11-23)24-18-15(12-29-20(24)25)6-5-7-17(18)28-4/h5-7,16H,8-12H2,1-4H3. The molecule has 0 radical (unpaired) electrons. The Kier molecular flexibility index (Phi) is 5.23. The van der Waals surface area contributed by atoms with Crippen LogP contribution < -0.4 is 9.64 Å². The summed E-state index contributed by atoms with van der Waals surface area (Å²) in [5.74, 6) is 0.612. The van der Waals surface area contributed by atoms with Crippen molar-refractivity contribution in [1.82, 2.24) is 14.1 Å². The SMILES string of the molecule is COc1cccc2c1N(C1CCN(S(=O)(=O)c3c(C)nn(C)c3C)CC1)C(=O)OC2. The van der Waals surface area contributed by atoms with Crippen molar-refractivity contribution in [3.05, 3.63) is 35.2 Å². The number of carbonyl (C=O) groups excluding carboxylic acids is 1. The van der Waals surface area contributed by atoms with Crippen LogP contribution in [0, 0.1) is 13.8 Å². The van der Waals surface area contributed by atoms with Crippen molar-refractivity contribution in [2.75, 3.05) is 25.1 Å². The van der Waals surface area contributed by atoms with Gasteiger partial charge in [0.05, 0.1) is 24.2 Å². The lowest BCUT2D eigenvalue weighted by molar-refractivity contribution is 0.135. The lowest BCUT2D eigenvalue weighted by Crippen LogP contribution is -2.50. The topological polar surface area (TPSA) is 94.0 Å². The number of carbonyl (C=O) groups is 1. The molecule has 0 aliphatic carbocycles. The molecule has 1 aromatic carbocycles. The number of cyclic esters (lactones) is 1. The molecule has 162 valence electrons. The van der Waals surface area contributed by atoms with Gasteiger partial charge in [-0.15, -0.1) is 0 Å². The number of amides is 1. The molecule has 0 bridgehead atoms. The van der Waals surface area contributed by atoms with Gasteiger partial charge in [-0.05, 0) is 32.8 Å². The first-order valence-electron chi connectivity index (χ1n) is 9.88. The maximum absolute atomic E-state index is 13.2. The molecule has 2 aliphatic rings. The fourth-order valence-corrected chi connectivity index (χ4v) is 6.22. The molecule has 0 unspecified atom stereocenters. The number of fused-ring (bicyclic) bond motifs is 1. The molecule has 10 heteroatoms. The number of ether oxygens (including phenoxy) is 2. The highest BCUT2D eigenvalue weighted by molar-refractivity contribution is 7.89. The summed E-state index contributed by atoms with van der Waals surface area (Å²) < 4.78 is 40.4. The van der Waals surface area contributed by atoms with Crippen LogP contribution in [-0.4, -0.2) is 54.8 Å². The summed E-state index contributed by atoms with van der Waals surface area (Å²) in [7, 11) is -0.346. The first kappa shape index (κ1) is 20.7. The Bertz CT molecular complexity index is 1070. The van der Waals surface area contributed by atoms with Crippen molar-refractivity contribution in [3.8, 4) is 5.75 Å². The Morgan fingerprint density at radius 3 is 2.50 bits per heavy atom. The van der Waals surface area contributed by atoms with E-state index >= 15 is 0 Å². The number of hydrogen-bond acceptors (Lipinski definition) is 6. The van der Waals surface area contributed by atoms with E-state index in [1.807, 2.05) is 18.2 Å². The highest BCUT2D eigenvalue weighted by atomic mass is 32.2. The molecule has 4 rings (SSSR count). The van der Waals surface area contributed by atoms with Gasteiger partial charge < -0.3 is 9.47 Å². The van der Waals surface area contributed by atoms with E-state index in [2.05, 4.69) is 5.10 Å². The van der Waals surface area contributed by atoms with Crippen LogP contribution in [-0.2, 0) is 28.4 Å². The Balaban J connectivity index is 1.58. The molecular weight excluding hydrogens is 408 g/mol. The number of rotatable bonds is 4. The number of piperidine rings is 1. The van der Waals surface area contributed by atoms with Crippen molar-refractivity contribution in [2.24, 2.45) is 7.05 Å². The van der Waals surface area contributed by atoms with Crippen molar-refractivity contribution in [1.29, 1.82) is 0 Å². The minimum absolute atomic E-state index is 0.171. The van der Waals surface area contributed by atoms with Crippen LogP contribution in [0.4, 0.5) is 10.5 Å². The third-order valence-electron chi connectivity index (χ3n) is 5.92. The average Bonchev–Trinajstić information content (AvgIpc) is 2.99. The molecule has 3 heterocycles. The molecule has 30 heavy (non-hydrogen) atoms. The van der Waals surface area contributed by atoms with Gasteiger partial charge in [-0.3, -0.25) is 9.58 Å². The van der Waals surface area contributed by atoms with E-state index in [4.69, 9.17) is 9.47 Å². The molecule has 2 aliphatic heterocycles. The van der Waals surface area contributed by atoms with E-state index < -0.39 is 16.1 Å². The Labute approximate surface area is 176 Å². The smallest absolute Gasteiger partial charge is 0.415 e. The second-order valence-electron chi connectivity index (χ2n) is 7.65. The lowest BCUT2D eigenvalue weighted by atomic mass is 10.0.